The van der Waals surface area contributed by atoms with Crippen LogP contribution in [0.1, 0.15) is 39.5 Å². The summed E-state index contributed by atoms with van der Waals surface area (Å²) < 4.78 is 0. The minimum atomic E-state index is 0.138. The van der Waals surface area contributed by atoms with E-state index in [0.29, 0.717) is 0 Å². The largest absolute Gasteiger partial charge is 0.392 e. The standard InChI is InChI=1S/C11H18O/c1-3-5-6-7-8-9-11(4-2)10-12/h9,12H,3-6,10H2,1-2H3/b11-9-. The van der Waals surface area contributed by atoms with Crippen molar-refractivity contribution in [2.24, 2.45) is 0 Å². The normalized spacial score (nSPS) is 10.8. The van der Waals surface area contributed by atoms with Crippen LogP contribution < -0.4 is 0 Å². The van der Waals surface area contributed by atoms with Crippen LogP contribution in [0.15, 0.2) is 11.6 Å². The molecule has 0 aliphatic heterocycles. The third-order valence-corrected chi connectivity index (χ3v) is 1.69. The quantitative estimate of drug-likeness (QED) is 0.502. The van der Waals surface area contributed by atoms with Gasteiger partial charge >= 0.3 is 0 Å². The molecule has 0 heterocycles. The molecule has 0 aliphatic rings. The molecule has 0 unspecified atom stereocenters. The maximum atomic E-state index is 8.79. The fourth-order valence-electron chi connectivity index (χ4n) is 0.750. The van der Waals surface area contributed by atoms with Crippen molar-refractivity contribution in [3.05, 3.63) is 11.6 Å². The van der Waals surface area contributed by atoms with Gasteiger partial charge in [0, 0.05) is 6.42 Å². The number of allylic oxidation sites excluding steroid dienone is 1. The van der Waals surface area contributed by atoms with Gasteiger partial charge in [-0.3, -0.25) is 0 Å². The first kappa shape index (κ1) is 11.3. The Morgan fingerprint density at radius 1 is 1.42 bits per heavy atom. The summed E-state index contributed by atoms with van der Waals surface area (Å²) in [5.74, 6) is 6.00. The van der Waals surface area contributed by atoms with Gasteiger partial charge < -0.3 is 5.11 Å². The predicted octanol–water partition coefficient (Wildman–Crippen LogP) is 2.51. The fraction of sp³-hybridized carbons (Fsp3) is 0.636. The fourth-order valence-corrected chi connectivity index (χ4v) is 0.750. The second kappa shape index (κ2) is 8.36. The van der Waals surface area contributed by atoms with Crippen molar-refractivity contribution in [2.75, 3.05) is 6.61 Å². The van der Waals surface area contributed by atoms with Crippen LogP contribution in [0.3, 0.4) is 0 Å². The topological polar surface area (TPSA) is 20.2 Å². The molecule has 0 fully saturated rings. The van der Waals surface area contributed by atoms with Crippen LogP contribution in [0, 0.1) is 11.8 Å². The van der Waals surface area contributed by atoms with Crippen molar-refractivity contribution in [3.8, 4) is 11.8 Å². The number of hydrogen-bond acceptors (Lipinski definition) is 1. The lowest BCUT2D eigenvalue weighted by molar-refractivity contribution is 0.328. The number of aliphatic hydroxyl groups is 1. The van der Waals surface area contributed by atoms with E-state index in [-0.39, 0.29) is 6.61 Å². The van der Waals surface area contributed by atoms with Crippen molar-refractivity contribution in [1.29, 1.82) is 0 Å². The van der Waals surface area contributed by atoms with Gasteiger partial charge in [0.15, 0.2) is 0 Å². The summed E-state index contributed by atoms with van der Waals surface area (Å²) in [6, 6.07) is 0. The Bertz CT molecular complexity index is 175. The molecular weight excluding hydrogens is 148 g/mol. The molecule has 0 amide bonds. The maximum Gasteiger partial charge on any atom is 0.0650 e. The number of unbranched alkanes of at least 4 members (excludes halogenated alkanes) is 2. The van der Waals surface area contributed by atoms with E-state index in [2.05, 4.69) is 18.8 Å². The SMILES string of the molecule is CCCCC#C/C=C(/CC)CO. The first-order valence-electron chi connectivity index (χ1n) is 4.62. The molecule has 1 heteroatoms. The van der Waals surface area contributed by atoms with E-state index < -0.39 is 0 Å². The summed E-state index contributed by atoms with van der Waals surface area (Å²) >= 11 is 0. The lowest BCUT2D eigenvalue weighted by atomic mass is 10.2. The molecule has 1 nitrogen and oxygen atoms in total. The average molecular weight is 166 g/mol. The molecule has 12 heavy (non-hydrogen) atoms. The summed E-state index contributed by atoms with van der Waals surface area (Å²) in [6.45, 7) is 4.32. The van der Waals surface area contributed by atoms with Gasteiger partial charge in [0.1, 0.15) is 0 Å². The molecule has 68 valence electrons. The van der Waals surface area contributed by atoms with Crippen LogP contribution in [0.5, 0.6) is 0 Å². The van der Waals surface area contributed by atoms with E-state index in [1.165, 1.54) is 12.8 Å². The summed E-state index contributed by atoms with van der Waals surface area (Å²) in [7, 11) is 0. The van der Waals surface area contributed by atoms with Gasteiger partial charge in [0.2, 0.25) is 0 Å². The number of rotatable bonds is 4. The molecule has 0 saturated carbocycles. The van der Waals surface area contributed by atoms with Crippen molar-refractivity contribution < 1.29 is 5.11 Å². The summed E-state index contributed by atoms with van der Waals surface area (Å²) in [6.07, 6.45) is 6.05. The minimum Gasteiger partial charge on any atom is -0.392 e. The minimum absolute atomic E-state index is 0.138. The van der Waals surface area contributed by atoms with Gasteiger partial charge in [-0.2, -0.15) is 0 Å². The van der Waals surface area contributed by atoms with E-state index in [1.807, 2.05) is 13.0 Å². The first-order valence-corrected chi connectivity index (χ1v) is 4.62. The molecule has 0 aromatic heterocycles. The molecule has 1 N–H and O–H groups in total. The van der Waals surface area contributed by atoms with Crippen LogP contribution in [0.25, 0.3) is 0 Å². The third-order valence-electron chi connectivity index (χ3n) is 1.69. The van der Waals surface area contributed by atoms with Gasteiger partial charge in [0.05, 0.1) is 6.61 Å². The number of aliphatic hydroxyl groups excluding tert-OH is 1. The van der Waals surface area contributed by atoms with Crippen molar-refractivity contribution in [1.82, 2.24) is 0 Å². The molecule has 0 aromatic rings. The highest BCUT2D eigenvalue weighted by Crippen LogP contribution is 1.97. The molecule has 0 rings (SSSR count). The van der Waals surface area contributed by atoms with Crippen molar-refractivity contribution in [2.45, 2.75) is 39.5 Å². The Balaban J connectivity index is 3.71. The van der Waals surface area contributed by atoms with Crippen LogP contribution in [0.4, 0.5) is 0 Å². The van der Waals surface area contributed by atoms with E-state index in [0.717, 1.165) is 18.4 Å². The lowest BCUT2D eigenvalue weighted by Crippen LogP contribution is -1.86. The molecular formula is C11H18O. The molecule has 0 atom stereocenters. The zero-order valence-corrected chi connectivity index (χ0v) is 8.06. The van der Waals surface area contributed by atoms with E-state index in [9.17, 15) is 0 Å². The highest BCUT2D eigenvalue weighted by atomic mass is 16.3. The molecule has 0 aromatic carbocycles. The van der Waals surface area contributed by atoms with Crippen LogP contribution in [-0.2, 0) is 0 Å². The van der Waals surface area contributed by atoms with E-state index >= 15 is 0 Å². The Morgan fingerprint density at radius 2 is 2.17 bits per heavy atom. The van der Waals surface area contributed by atoms with Gasteiger partial charge in [-0.05, 0) is 24.5 Å². The van der Waals surface area contributed by atoms with Gasteiger partial charge in [0.25, 0.3) is 0 Å². The Morgan fingerprint density at radius 3 is 2.67 bits per heavy atom. The van der Waals surface area contributed by atoms with Gasteiger partial charge in [-0.1, -0.05) is 32.1 Å². The van der Waals surface area contributed by atoms with E-state index in [1.54, 1.807) is 0 Å². The van der Waals surface area contributed by atoms with Crippen LogP contribution >= 0.6 is 0 Å². The van der Waals surface area contributed by atoms with E-state index in [4.69, 9.17) is 5.11 Å². The molecule has 0 spiro atoms. The highest BCUT2D eigenvalue weighted by molar-refractivity contribution is 5.21. The Labute approximate surface area is 75.5 Å². The van der Waals surface area contributed by atoms with Gasteiger partial charge in [-0.15, -0.1) is 0 Å². The average Bonchev–Trinajstić information content (AvgIpc) is 2.11. The second-order valence-electron chi connectivity index (χ2n) is 2.74. The smallest absolute Gasteiger partial charge is 0.0650 e. The predicted molar refractivity (Wildman–Crippen MR) is 52.8 cm³/mol. The molecule has 0 saturated heterocycles. The van der Waals surface area contributed by atoms with Gasteiger partial charge in [-0.25, -0.2) is 0 Å². The Kier molecular flexibility index (Phi) is 7.84. The summed E-state index contributed by atoms with van der Waals surface area (Å²) in [5.41, 5.74) is 1.01. The van der Waals surface area contributed by atoms with Crippen molar-refractivity contribution in [3.63, 3.8) is 0 Å². The zero-order valence-electron chi connectivity index (χ0n) is 8.06. The summed E-state index contributed by atoms with van der Waals surface area (Å²) in [4.78, 5) is 0. The summed E-state index contributed by atoms with van der Waals surface area (Å²) in [5, 5.41) is 8.79. The van der Waals surface area contributed by atoms with Crippen LogP contribution in [0.2, 0.25) is 0 Å². The third kappa shape index (κ3) is 6.00. The number of hydrogen-bond donors (Lipinski definition) is 1. The highest BCUT2D eigenvalue weighted by Gasteiger charge is 1.86. The first-order chi connectivity index (χ1) is 5.85. The maximum absolute atomic E-state index is 8.79. The molecule has 0 radical (unpaired) electrons. The molecule has 0 aliphatic carbocycles. The molecule has 0 bridgehead atoms. The monoisotopic (exact) mass is 166 g/mol. The zero-order chi connectivity index (χ0) is 9.23. The van der Waals surface area contributed by atoms with Crippen molar-refractivity contribution >= 4 is 0 Å². The lowest BCUT2D eigenvalue weighted by Gasteiger charge is -1.92. The van der Waals surface area contributed by atoms with Crippen LogP contribution in [-0.4, -0.2) is 11.7 Å². The second-order valence-corrected chi connectivity index (χ2v) is 2.74. The Hall–Kier alpha value is -0.740.